The molecule has 0 spiro atoms. The van der Waals surface area contributed by atoms with Crippen LogP contribution in [0.1, 0.15) is 42.2 Å². The van der Waals surface area contributed by atoms with E-state index in [1.807, 2.05) is 24.3 Å². The number of aryl methyl sites for hydroxylation is 1. The molecule has 0 saturated heterocycles. The van der Waals surface area contributed by atoms with Gasteiger partial charge in [-0.3, -0.25) is 4.79 Å². The van der Waals surface area contributed by atoms with Crippen molar-refractivity contribution in [2.75, 3.05) is 12.3 Å². The van der Waals surface area contributed by atoms with E-state index in [0.717, 1.165) is 19.3 Å². The van der Waals surface area contributed by atoms with Gasteiger partial charge in [0.2, 0.25) is 5.95 Å². The average Bonchev–Trinajstić information content (AvgIpc) is 2.50. The van der Waals surface area contributed by atoms with Gasteiger partial charge in [0, 0.05) is 5.56 Å². The maximum absolute atomic E-state index is 11.8. The van der Waals surface area contributed by atoms with E-state index in [9.17, 15) is 4.79 Å². The van der Waals surface area contributed by atoms with Gasteiger partial charge in [0.05, 0.1) is 23.6 Å². The first-order valence-electron chi connectivity index (χ1n) is 7.70. The second-order valence-corrected chi connectivity index (χ2v) is 5.31. The van der Waals surface area contributed by atoms with E-state index < -0.39 is 5.91 Å². The van der Waals surface area contributed by atoms with Crippen LogP contribution in [0.4, 0.5) is 5.95 Å². The van der Waals surface area contributed by atoms with Crippen LogP contribution < -0.4 is 16.2 Å². The van der Waals surface area contributed by atoms with Crippen molar-refractivity contribution in [2.24, 2.45) is 5.73 Å². The molecular weight excluding hydrogens is 292 g/mol. The molecule has 23 heavy (non-hydrogen) atoms. The van der Waals surface area contributed by atoms with Gasteiger partial charge in [-0.25, -0.2) is 9.97 Å². The van der Waals surface area contributed by atoms with E-state index in [-0.39, 0.29) is 11.5 Å². The monoisotopic (exact) mass is 314 g/mol. The third-order valence-corrected chi connectivity index (χ3v) is 3.50. The third kappa shape index (κ3) is 3.97. The number of para-hydroxylation sites is 1. The standard InChI is InChI=1S/C17H22N4O2/c1-3-4-7-10-23-13-9-6-5-8-12(13)15-14(16(18)22)11(2)20-17(19)21-15/h5-6,8-9H,3-4,7,10H2,1-2H3,(H2,18,22)(H2,19,20,21). The van der Waals surface area contributed by atoms with Crippen LogP contribution in [0.3, 0.4) is 0 Å². The fraction of sp³-hybridized carbons (Fsp3) is 0.353. The second kappa shape index (κ2) is 7.58. The zero-order chi connectivity index (χ0) is 16.8. The molecular formula is C17H22N4O2. The molecule has 1 aromatic carbocycles. The number of rotatable bonds is 7. The Morgan fingerprint density at radius 2 is 1.96 bits per heavy atom. The van der Waals surface area contributed by atoms with Gasteiger partial charge in [0.1, 0.15) is 5.75 Å². The van der Waals surface area contributed by atoms with Crippen molar-refractivity contribution >= 4 is 11.9 Å². The van der Waals surface area contributed by atoms with Gasteiger partial charge in [-0.1, -0.05) is 31.9 Å². The molecule has 0 bridgehead atoms. The highest BCUT2D eigenvalue weighted by atomic mass is 16.5. The molecule has 122 valence electrons. The fourth-order valence-electron chi connectivity index (χ4n) is 2.41. The lowest BCUT2D eigenvalue weighted by atomic mass is 10.0. The van der Waals surface area contributed by atoms with Crippen molar-refractivity contribution in [2.45, 2.75) is 33.1 Å². The quantitative estimate of drug-likeness (QED) is 0.765. The molecule has 0 saturated carbocycles. The number of primary amides is 1. The second-order valence-electron chi connectivity index (χ2n) is 5.31. The summed E-state index contributed by atoms with van der Waals surface area (Å²) in [5.41, 5.74) is 13.1. The molecule has 1 aromatic heterocycles. The van der Waals surface area contributed by atoms with E-state index in [0.29, 0.717) is 29.3 Å². The van der Waals surface area contributed by atoms with Gasteiger partial charge in [-0.15, -0.1) is 0 Å². The van der Waals surface area contributed by atoms with Crippen LogP contribution in [0, 0.1) is 6.92 Å². The lowest BCUT2D eigenvalue weighted by molar-refractivity contribution is 0.0999. The van der Waals surface area contributed by atoms with Gasteiger partial charge >= 0.3 is 0 Å². The number of nitrogens with two attached hydrogens (primary N) is 2. The number of unbranched alkanes of at least 4 members (excludes halogenated alkanes) is 2. The third-order valence-electron chi connectivity index (χ3n) is 3.50. The van der Waals surface area contributed by atoms with Crippen molar-refractivity contribution in [3.8, 4) is 17.0 Å². The summed E-state index contributed by atoms with van der Waals surface area (Å²) < 4.78 is 5.85. The van der Waals surface area contributed by atoms with Gasteiger partial charge in [0.25, 0.3) is 5.91 Å². The van der Waals surface area contributed by atoms with Crippen LogP contribution in [0.5, 0.6) is 5.75 Å². The number of carbonyl (C=O) groups excluding carboxylic acids is 1. The summed E-state index contributed by atoms with van der Waals surface area (Å²) in [6, 6.07) is 7.41. The summed E-state index contributed by atoms with van der Waals surface area (Å²) in [6.07, 6.45) is 3.20. The molecule has 0 fully saturated rings. The topological polar surface area (TPSA) is 104 Å². The van der Waals surface area contributed by atoms with Gasteiger partial charge < -0.3 is 16.2 Å². The molecule has 0 aliphatic rings. The smallest absolute Gasteiger partial charge is 0.252 e. The first kappa shape index (κ1) is 16.7. The van der Waals surface area contributed by atoms with Crippen molar-refractivity contribution in [3.63, 3.8) is 0 Å². The summed E-state index contributed by atoms with van der Waals surface area (Å²) in [5.74, 6) is 0.171. The van der Waals surface area contributed by atoms with E-state index in [1.54, 1.807) is 6.92 Å². The predicted octanol–water partition coefficient (Wildman–Crippen LogP) is 2.70. The molecule has 0 unspecified atom stereocenters. The molecule has 0 aliphatic heterocycles. The number of nitrogens with zero attached hydrogens (tertiary/aromatic N) is 2. The molecule has 0 aliphatic carbocycles. The molecule has 0 atom stereocenters. The van der Waals surface area contributed by atoms with Crippen LogP contribution in [0.15, 0.2) is 24.3 Å². The Kier molecular flexibility index (Phi) is 5.51. The number of carbonyl (C=O) groups is 1. The highest BCUT2D eigenvalue weighted by Gasteiger charge is 2.19. The Labute approximate surface area is 135 Å². The summed E-state index contributed by atoms with van der Waals surface area (Å²) in [4.78, 5) is 20.0. The highest BCUT2D eigenvalue weighted by molar-refractivity contribution is 6.00. The lowest BCUT2D eigenvalue weighted by Crippen LogP contribution is -2.17. The number of aromatic nitrogens is 2. The first-order valence-corrected chi connectivity index (χ1v) is 7.70. The van der Waals surface area contributed by atoms with E-state index in [1.165, 1.54) is 0 Å². The minimum Gasteiger partial charge on any atom is -0.493 e. The zero-order valence-corrected chi connectivity index (χ0v) is 13.5. The van der Waals surface area contributed by atoms with Crippen LogP contribution in [-0.4, -0.2) is 22.5 Å². The normalized spacial score (nSPS) is 10.5. The van der Waals surface area contributed by atoms with E-state index >= 15 is 0 Å². The van der Waals surface area contributed by atoms with Gasteiger partial charge in [-0.2, -0.15) is 0 Å². The Bertz CT molecular complexity index is 701. The number of hydrogen-bond donors (Lipinski definition) is 2. The molecule has 2 aromatic rings. The number of anilines is 1. The Morgan fingerprint density at radius 3 is 2.65 bits per heavy atom. The highest BCUT2D eigenvalue weighted by Crippen LogP contribution is 2.32. The minimum absolute atomic E-state index is 0.100. The summed E-state index contributed by atoms with van der Waals surface area (Å²) in [6.45, 7) is 4.43. The van der Waals surface area contributed by atoms with Crippen molar-refractivity contribution < 1.29 is 9.53 Å². The molecule has 1 heterocycles. The number of nitrogen functional groups attached to an aromatic ring is 1. The van der Waals surface area contributed by atoms with Crippen LogP contribution >= 0.6 is 0 Å². The number of amides is 1. The maximum Gasteiger partial charge on any atom is 0.252 e. The van der Waals surface area contributed by atoms with Crippen molar-refractivity contribution in [3.05, 3.63) is 35.5 Å². The number of hydrogen-bond acceptors (Lipinski definition) is 5. The van der Waals surface area contributed by atoms with E-state index in [4.69, 9.17) is 16.2 Å². The van der Waals surface area contributed by atoms with Crippen LogP contribution in [0.25, 0.3) is 11.3 Å². The van der Waals surface area contributed by atoms with Crippen molar-refractivity contribution in [1.29, 1.82) is 0 Å². The molecule has 2 rings (SSSR count). The number of ether oxygens (including phenoxy) is 1. The average molecular weight is 314 g/mol. The first-order chi connectivity index (χ1) is 11.0. The predicted molar refractivity (Wildman–Crippen MR) is 90.2 cm³/mol. The summed E-state index contributed by atoms with van der Waals surface area (Å²) in [5, 5.41) is 0. The van der Waals surface area contributed by atoms with Gasteiger partial charge in [-0.05, 0) is 25.5 Å². The Hall–Kier alpha value is -2.63. The summed E-state index contributed by atoms with van der Waals surface area (Å²) >= 11 is 0. The lowest BCUT2D eigenvalue weighted by Gasteiger charge is -2.14. The molecule has 6 nitrogen and oxygen atoms in total. The summed E-state index contributed by atoms with van der Waals surface area (Å²) in [7, 11) is 0. The minimum atomic E-state index is -0.585. The van der Waals surface area contributed by atoms with E-state index in [2.05, 4.69) is 16.9 Å². The molecule has 6 heteroatoms. The zero-order valence-electron chi connectivity index (χ0n) is 13.5. The molecule has 0 radical (unpaired) electrons. The maximum atomic E-state index is 11.8. The number of benzene rings is 1. The Morgan fingerprint density at radius 1 is 1.22 bits per heavy atom. The van der Waals surface area contributed by atoms with Gasteiger partial charge in [0.15, 0.2) is 0 Å². The molecule has 4 N–H and O–H groups in total. The van der Waals surface area contributed by atoms with Crippen molar-refractivity contribution in [1.82, 2.24) is 9.97 Å². The Balaban J connectivity index is 2.44. The SMILES string of the molecule is CCCCCOc1ccccc1-c1nc(N)nc(C)c1C(N)=O. The largest absolute Gasteiger partial charge is 0.493 e. The van der Waals surface area contributed by atoms with Crippen LogP contribution in [-0.2, 0) is 0 Å². The van der Waals surface area contributed by atoms with Crippen LogP contribution in [0.2, 0.25) is 0 Å². The fourth-order valence-corrected chi connectivity index (χ4v) is 2.41. The molecule has 1 amide bonds.